The molecule has 0 saturated heterocycles. The summed E-state index contributed by atoms with van der Waals surface area (Å²) in [7, 11) is 1.56. The second-order valence-corrected chi connectivity index (χ2v) is 5.37. The van der Waals surface area contributed by atoms with Crippen LogP contribution in [0.2, 0.25) is 5.02 Å². The molecule has 0 heterocycles. The Hall–Kier alpha value is -1.72. The first-order valence-corrected chi connectivity index (χ1v) is 6.87. The van der Waals surface area contributed by atoms with Crippen molar-refractivity contribution in [3.8, 4) is 5.75 Å². The second kappa shape index (κ2) is 6.15. The zero-order chi connectivity index (χ0) is 14.7. The molecule has 6 heteroatoms. The van der Waals surface area contributed by atoms with E-state index in [-0.39, 0.29) is 5.91 Å². The summed E-state index contributed by atoms with van der Waals surface area (Å²) in [5, 5.41) is 3.18. The molecule has 0 saturated carbocycles. The zero-order valence-corrected chi connectivity index (χ0v) is 13.0. The third-order valence-electron chi connectivity index (χ3n) is 2.59. The van der Waals surface area contributed by atoms with E-state index < -0.39 is 0 Å². The number of anilines is 2. The number of rotatable bonds is 3. The maximum atomic E-state index is 12.1. The van der Waals surface area contributed by atoms with E-state index in [4.69, 9.17) is 22.1 Å². The Morgan fingerprint density at radius 3 is 2.70 bits per heavy atom. The van der Waals surface area contributed by atoms with Crippen LogP contribution in [0, 0.1) is 0 Å². The molecule has 20 heavy (non-hydrogen) atoms. The number of nitrogens with two attached hydrogens (primary N) is 1. The normalized spacial score (nSPS) is 10.2. The molecule has 4 nitrogen and oxygen atoms in total. The van der Waals surface area contributed by atoms with Gasteiger partial charge in [-0.15, -0.1) is 0 Å². The van der Waals surface area contributed by atoms with Crippen LogP contribution >= 0.6 is 27.5 Å². The monoisotopic (exact) mass is 354 g/mol. The fourth-order valence-corrected chi connectivity index (χ4v) is 2.34. The molecule has 0 spiro atoms. The van der Waals surface area contributed by atoms with Gasteiger partial charge in [0.15, 0.2) is 0 Å². The van der Waals surface area contributed by atoms with Gasteiger partial charge in [-0.2, -0.15) is 0 Å². The van der Waals surface area contributed by atoms with Crippen molar-refractivity contribution in [2.45, 2.75) is 0 Å². The summed E-state index contributed by atoms with van der Waals surface area (Å²) in [5.74, 6) is 0.344. The van der Waals surface area contributed by atoms with Crippen LogP contribution in [0.15, 0.2) is 40.9 Å². The van der Waals surface area contributed by atoms with E-state index in [1.165, 1.54) is 0 Å². The molecule has 2 aromatic carbocycles. The van der Waals surface area contributed by atoms with E-state index in [9.17, 15) is 4.79 Å². The molecule has 0 aliphatic carbocycles. The Balaban J connectivity index is 2.23. The molecule has 0 aliphatic rings. The standard InChI is InChI=1S/C14H12BrClN2O2/c1-20-13-7-11(2-3-12(13)15)18-14(19)8-4-9(16)6-10(17)5-8/h2-7H,17H2,1H3,(H,18,19). The highest BCUT2D eigenvalue weighted by molar-refractivity contribution is 9.10. The van der Waals surface area contributed by atoms with Gasteiger partial charge in [-0.05, 0) is 46.3 Å². The molecular weight excluding hydrogens is 344 g/mol. The van der Waals surface area contributed by atoms with Crippen molar-refractivity contribution >= 4 is 44.8 Å². The average Bonchev–Trinajstić information content (AvgIpc) is 2.39. The van der Waals surface area contributed by atoms with Gasteiger partial charge in [0.25, 0.3) is 5.91 Å². The van der Waals surface area contributed by atoms with Crippen LogP contribution in [0.1, 0.15) is 10.4 Å². The molecule has 0 radical (unpaired) electrons. The topological polar surface area (TPSA) is 64.3 Å². The quantitative estimate of drug-likeness (QED) is 0.820. The van der Waals surface area contributed by atoms with Crippen LogP contribution in [0.3, 0.4) is 0 Å². The molecule has 3 N–H and O–H groups in total. The van der Waals surface area contributed by atoms with Gasteiger partial charge in [-0.25, -0.2) is 0 Å². The van der Waals surface area contributed by atoms with E-state index in [1.54, 1.807) is 43.5 Å². The maximum absolute atomic E-state index is 12.1. The fraction of sp³-hybridized carbons (Fsp3) is 0.0714. The average molecular weight is 356 g/mol. The molecule has 2 aromatic rings. The Morgan fingerprint density at radius 2 is 2.05 bits per heavy atom. The van der Waals surface area contributed by atoms with Crippen molar-refractivity contribution in [3.63, 3.8) is 0 Å². The van der Waals surface area contributed by atoms with Crippen molar-refractivity contribution in [2.24, 2.45) is 0 Å². The number of hydrogen-bond acceptors (Lipinski definition) is 3. The molecule has 104 valence electrons. The van der Waals surface area contributed by atoms with Crippen LogP contribution in [-0.4, -0.2) is 13.0 Å². The van der Waals surface area contributed by atoms with Gasteiger partial charge in [0, 0.05) is 28.0 Å². The Kier molecular flexibility index (Phi) is 4.52. The number of ether oxygens (including phenoxy) is 1. The first kappa shape index (κ1) is 14.7. The Bertz CT molecular complexity index is 641. The number of methoxy groups -OCH3 is 1. The number of nitrogen functional groups attached to an aromatic ring is 1. The summed E-state index contributed by atoms with van der Waals surface area (Å²) in [6.45, 7) is 0. The highest BCUT2D eigenvalue weighted by atomic mass is 79.9. The summed E-state index contributed by atoms with van der Waals surface area (Å²) < 4.78 is 5.98. The Labute approximate surface area is 130 Å². The first-order chi connectivity index (χ1) is 9.49. The van der Waals surface area contributed by atoms with Gasteiger partial charge in [0.1, 0.15) is 5.75 Å². The van der Waals surface area contributed by atoms with Crippen LogP contribution in [0.4, 0.5) is 11.4 Å². The minimum atomic E-state index is -0.288. The van der Waals surface area contributed by atoms with Gasteiger partial charge in [-0.1, -0.05) is 11.6 Å². The van der Waals surface area contributed by atoms with Gasteiger partial charge in [0.05, 0.1) is 11.6 Å². The second-order valence-electron chi connectivity index (χ2n) is 4.08. The van der Waals surface area contributed by atoms with Crippen molar-refractivity contribution in [1.29, 1.82) is 0 Å². The molecule has 0 unspecified atom stereocenters. The molecule has 0 fully saturated rings. The van der Waals surface area contributed by atoms with Crippen molar-refractivity contribution in [2.75, 3.05) is 18.2 Å². The van der Waals surface area contributed by atoms with Gasteiger partial charge in [-0.3, -0.25) is 4.79 Å². The number of carbonyl (C=O) groups is 1. The SMILES string of the molecule is COc1cc(NC(=O)c2cc(N)cc(Cl)c2)ccc1Br. The Morgan fingerprint density at radius 1 is 1.30 bits per heavy atom. The minimum absolute atomic E-state index is 0.288. The van der Waals surface area contributed by atoms with Gasteiger partial charge < -0.3 is 15.8 Å². The third-order valence-corrected chi connectivity index (χ3v) is 3.46. The minimum Gasteiger partial charge on any atom is -0.495 e. The van der Waals surface area contributed by atoms with Crippen LogP contribution in [0.25, 0.3) is 0 Å². The van der Waals surface area contributed by atoms with E-state index in [2.05, 4.69) is 21.2 Å². The molecule has 0 aromatic heterocycles. The molecular formula is C14H12BrClN2O2. The third kappa shape index (κ3) is 3.43. The lowest BCUT2D eigenvalue weighted by atomic mass is 10.2. The van der Waals surface area contributed by atoms with Crippen LogP contribution in [0.5, 0.6) is 5.75 Å². The summed E-state index contributed by atoms with van der Waals surface area (Å²) in [4.78, 5) is 12.1. The predicted octanol–water partition coefficient (Wildman–Crippen LogP) is 3.95. The number of nitrogens with one attached hydrogen (secondary N) is 1. The number of hydrogen-bond donors (Lipinski definition) is 2. The highest BCUT2D eigenvalue weighted by Crippen LogP contribution is 2.28. The van der Waals surface area contributed by atoms with Gasteiger partial charge in [0.2, 0.25) is 0 Å². The van der Waals surface area contributed by atoms with Gasteiger partial charge >= 0.3 is 0 Å². The summed E-state index contributed by atoms with van der Waals surface area (Å²) in [6, 6.07) is 9.98. The van der Waals surface area contributed by atoms with E-state index in [1.807, 2.05) is 0 Å². The fourth-order valence-electron chi connectivity index (χ4n) is 1.68. The largest absolute Gasteiger partial charge is 0.495 e. The lowest BCUT2D eigenvalue weighted by Gasteiger charge is -2.09. The van der Waals surface area contributed by atoms with Crippen molar-refractivity contribution < 1.29 is 9.53 Å². The summed E-state index contributed by atoms with van der Waals surface area (Å²) in [5.41, 5.74) is 7.13. The molecule has 0 atom stereocenters. The van der Waals surface area contributed by atoms with E-state index in [0.29, 0.717) is 27.7 Å². The van der Waals surface area contributed by atoms with Crippen molar-refractivity contribution in [1.82, 2.24) is 0 Å². The molecule has 2 rings (SSSR count). The highest BCUT2D eigenvalue weighted by Gasteiger charge is 2.09. The maximum Gasteiger partial charge on any atom is 0.255 e. The number of halogens is 2. The smallest absolute Gasteiger partial charge is 0.255 e. The molecule has 0 aliphatic heterocycles. The number of benzene rings is 2. The number of carbonyl (C=O) groups excluding carboxylic acids is 1. The number of amides is 1. The molecule has 1 amide bonds. The first-order valence-electron chi connectivity index (χ1n) is 5.70. The van der Waals surface area contributed by atoms with E-state index in [0.717, 1.165) is 4.47 Å². The molecule has 0 bridgehead atoms. The van der Waals surface area contributed by atoms with E-state index >= 15 is 0 Å². The van der Waals surface area contributed by atoms with Crippen LogP contribution < -0.4 is 15.8 Å². The van der Waals surface area contributed by atoms with Crippen molar-refractivity contribution in [3.05, 3.63) is 51.5 Å². The lowest BCUT2D eigenvalue weighted by Crippen LogP contribution is -2.12. The zero-order valence-electron chi connectivity index (χ0n) is 10.6. The lowest BCUT2D eigenvalue weighted by molar-refractivity contribution is 0.102. The predicted molar refractivity (Wildman–Crippen MR) is 84.5 cm³/mol. The summed E-state index contributed by atoms with van der Waals surface area (Å²) in [6.07, 6.45) is 0. The summed E-state index contributed by atoms with van der Waals surface area (Å²) >= 11 is 9.23. The van der Waals surface area contributed by atoms with Crippen LogP contribution in [-0.2, 0) is 0 Å².